The van der Waals surface area contributed by atoms with Crippen LogP contribution in [0.2, 0.25) is 0 Å². The average molecular weight is 408 g/mol. The zero-order valence-corrected chi connectivity index (χ0v) is 14.9. The number of halogens is 1. The first-order chi connectivity index (χ1) is 10.7. The number of carbonyl (C=O) groups excluding carboxylic acids is 1. The minimum atomic E-state index is 0.00718. The molecule has 0 aliphatic carbocycles. The smallest absolute Gasteiger partial charge is 0.252 e. The molecule has 0 aromatic heterocycles. The lowest BCUT2D eigenvalue weighted by Gasteiger charge is -2.23. The van der Waals surface area contributed by atoms with Gasteiger partial charge in [-0.05, 0) is 60.2 Å². The number of hydrogen-bond acceptors (Lipinski definition) is 2. The van der Waals surface area contributed by atoms with Crippen molar-refractivity contribution in [2.24, 2.45) is 0 Å². The van der Waals surface area contributed by atoms with Gasteiger partial charge < -0.3 is 10.2 Å². The molecule has 2 aromatic carbocycles. The number of nitrogens with one attached hydrogen (secondary N) is 1. The van der Waals surface area contributed by atoms with Gasteiger partial charge in [0.2, 0.25) is 0 Å². The summed E-state index contributed by atoms with van der Waals surface area (Å²) in [5.41, 5.74) is 1.98. The molecule has 0 aliphatic heterocycles. The molecular weight excluding hydrogens is 387 g/mol. The van der Waals surface area contributed by atoms with E-state index in [2.05, 4.69) is 64.0 Å². The number of nitrogens with zero attached hydrogens (tertiary/aromatic N) is 1. The van der Waals surface area contributed by atoms with Gasteiger partial charge >= 0.3 is 0 Å². The van der Waals surface area contributed by atoms with Gasteiger partial charge in [-0.1, -0.05) is 30.3 Å². The molecule has 0 saturated carbocycles. The van der Waals surface area contributed by atoms with Gasteiger partial charge in [0, 0.05) is 28.9 Å². The minimum absolute atomic E-state index is 0.00718. The van der Waals surface area contributed by atoms with Crippen molar-refractivity contribution in [2.45, 2.75) is 13.3 Å². The maximum absolute atomic E-state index is 12.1. The fraction of sp³-hybridized carbons (Fsp3) is 0.278. The summed E-state index contributed by atoms with van der Waals surface area (Å²) in [6.07, 6.45) is 0.928. The number of anilines is 1. The van der Waals surface area contributed by atoms with Gasteiger partial charge in [-0.25, -0.2) is 0 Å². The first-order valence-electron chi connectivity index (χ1n) is 7.55. The molecule has 0 heterocycles. The predicted molar refractivity (Wildman–Crippen MR) is 100 cm³/mol. The quantitative estimate of drug-likeness (QED) is 0.556. The molecule has 1 amide bonds. The first kappa shape index (κ1) is 16.8. The van der Waals surface area contributed by atoms with Gasteiger partial charge in [-0.15, -0.1) is 0 Å². The number of amides is 1. The number of para-hydroxylation sites is 1. The van der Waals surface area contributed by atoms with Crippen LogP contribution in [0.1, 0.15) is 23.7 Å². The third-order valence-corrected chi connectivity index (χ3v) is 4.45. The van der Waals surface area contributed by atoms with Crippen molar-refractivity contribution in [3.63, 3.8) is 0 Å². The van der Waals surface area contributed by atoms with Gasteiger partial charge in [0.1, 0.15) is 0 Å². The van der Waals surface area contributed by atoms with E-state index in [1.165, 1.54) is 5.69 Å². The first-order valence-corrected chi connectivity index (χ1v) is 8.63. The summed E-state index contributed by atoms with van der Waals surface area (Å²) in [5, 5.41) is 3.00. The van der Waals surface area contributed by atoms with Crippen molar-refractivity contribution < 1.29 is 4.79 Å². The molecule has 0 unspecified atom stereocenters. The van der Waals surface area contributed by atoms with Crippen LogP contribution < -0.4 is 10.2 Å². The van der Waals surface area contributed by atoms with Crippen LogP contribution in [-0.2, 0) is 0 Å². The standard InChI is InChI=1S/C18H21IN2O/c1-2-21(15-9-4-3-5-10-15)14-8-13-20-18(22)16-11-6-7-12-17(16)19/h3-7,9-12H,2,8,13-14H2,1H3,(H,20,22). The molecule has 2 rings (SSSR count). The topological polar surface area (TPSA) is 32.3 Å². The highest BCUT2D eigenvalue weighted by molar-refractivity contribution is 14.1. The van der Waals surface area contributed by atoms with Crippen LogP contribution in [0, 0.1) is 3.57 Å². The van der Waals surface area contributed by atoms with Gasteiger partial charge in [-0.2, -0.15) is 0 Å². The zero-order chi connectivity index (χ0) is 15.8. The van der Waals surface area contributed by atoms with E-state index in [0.717, 1.165) is 28.6 Å². The molecule has 0 bridgehead atoms. The van der Waals surface area contributed by atoms with Crippen LogP contribution in [0.15, 0.2) is 54.6 Å². The van der Waals surface area contributed by atoms with Crippen LogP contribution in [0.3, 0.4) is 0 Å². The molecule has 3 nitrogen and oxygen atoms in total. The average Bonchev–Trinajstić information content (AvgIpc) is 2.56. The Labute approximate surface area is 145 Å². The number of hydrogen-bond donors (Lipinski definition) is 1. The van der Waals surface area contributed by atoms with Crippen LogP contribution >= 0.6 is 22.6 Å². The van der Waals surface area contributed by atoms with Crippen molar-refractivity contribution >= 4 is 34.2 Å². The van der Waals surface area contributed by atoms with Gasteiger partial charge in [0.05, 0.1) is 5.56 Å². The number of benzene rings is 2. The largest absolute Gasteiger partial charge is 0.372 e. The molecule has 0 aliphatic rings. The second-order valence-corrected chi connectivity index (χ2v) is 6.17. The van der Waals surface area contributed by atoms with E-state index in [-0.39, 0.29) is 5.91 Å². The van der Waals surface area contributed by atoms with Gasteiger partial charge in [0.25, 0.3) is 5.91 Å². The fourth-order valence-electron chi connectivity index (χ4n) is 2.32. The SMILES string of the molecule is CCN(CCCNC(=O)c1ccccc1I)c1ccccc1. The normalized spacial score (nSPS) is 10.3. The molecule has 0 atom stereocenters. The summed E-state index contributed by atoms with van der Waals surface area (Å²) in [6.45, 7) is 4.74. The van der Waals surface area contributed by atoms with E-state index in [1.54, 1.807) is 0 Å². The number of carbonyl (C=O) groups is 1. The maximum atomic E-state index is 12.1. The lowest BCUT2D eigenvalue weighted by atomic mass is 10.2. The molecule has 1 N–H and O–H groups in total. The van der Waals surface area contributed by atoms with Crippen molar-refractivity contribution in [3.8, 4) is 0 Å². The molecular formula is C18H21IN2O. The second-order valence-electron chi connectivity index (χ2n) is 5.00. The third-order valence-electron chi connectivity index (χ3n) is 3.51. The Morgan fingerprint density at radius 2 is 1.77 bits per heavy atom. The summed E-state index contributed by atoms with van der Waals surface area (Å²) in [7, 11) is 0. The van der Waals surface area contributed by atoms with Crippen molar-refractivity contribution in [3.05, 3.63) is 63.7 Å². The second kappa shape index (κ2) is 8.78. The molecule has 0 spiro atoms. The lowest BCUT2D eigenvalue weighted by Crippen LogP contribution is -2.30. The molecule has 0 saturated heterocycles. The van der Waals surface area contributed by atoms with Gasteiger partial charge in [0.15, 0.2) is 0 Å². The summed E-state index contributed by atoms with van der Waals surface area (Å²) < 4.78 is 0.983. The van der Waals surface area contributed by atoms with E-state index in [4.69, 9.17) is 0 Å². The Bertz CT molecular complexity index is 601. The third kappa shape index (κ3) is 4.73. The van der Waals surface area contributed by atoms with Crippen molar-refractivity contribution in [1.82, 2.24) is 5.32 Å². The predicted octanol–water partition coefficient (Wildman–Crippen LogP) is 3.94. The molecule has 2 aromatic rings. The van der Waals surface area contributed by atoms with Crippen LogP contribution in [0.25, 0.3) is 0 Å². The van der Waals surface area contributed by atoms with Crippen molar-refractivity contribution in [1.29, 1.82) is 0 Å². The number of rotatable bonds is 7. The maximum Gasteiger partial charge on any atom is 0.252 e. The summed E-state index contributed by atoms with van der Waals surface area (Å²) >= 11 is 2.19. The van der Waals surface area contributed by atoms with Crippen LogP contribution in [-0.4, -0.2) is 25.5 Å². The van der Waals surface area contributed by atoms with Crippen molar-refractivity contribution in [2.75, 3.05) is 24.5 Å². The zero-order valence-electron chi connectivity index (χ0n) is 12.8. The lowest BCUT2D eigenvalue weighted by molar-refractivity contribution is 0.0952. The Kier molecular flexibility index (Phi) is 6.71. The Hall–Kier alpha value is -1.56. The molecule has 22 heavy (non-hydrogen) atoms. The Morgan fingerprint density at radius 3 is 2.45 bits per heavy atom. The summed E-state index contributed by atoms with van der Waals surface area (Å²) in [5.74, 6) is 0.00718. The van der Waals surface area contributed by atoms with E-state index in [9.17, 15) is 4.79 Å². The highest BCUT2D eigenvalue weighted by atomic mass is 127. The van der Waals surface area contributed by atoms with Crippen LogP contribution in [0.4, 0.5) is 5.69 Å². The van der Waals surface area contributed by atoms with Gasteiger partial charge in [-0.3, -0.25) is 4.79 Å². The summed E-state index contributed by atoms with van der Waals surface area (Å²) in [6, 6.07) is 18.0. The highest BCUT2D eigenvalue weighted by Crippen LogP contribution is 2.13. The summed E-state index contributed by atoms with van der Waals surface area (Å²) in [4.78, 5) is 14.4. The monoisotopic (exact) mass is 408 g/mol. The molecule has 4 heteroatoms. The van der Waals surface area contributed by atoms with E-state index in [1.807, 2.05) is 30.3 Å². The van der Waals surface area contributed by atoms with Crippen LogP contribution in [0.5, 0.6) is 0 Å². The van der Waals surface area contributed by atoms with E-state index < -0.39 is 0 Å². The Morgan fingerprint density at radius 1 is 1.09 bits per heavy atom. The molecule has 116 valence electrons. The highest BCUT2D eigenvalue weighted by Gasteiger charge is 2.08. The Balaban J connectivity index is 1.79. The molecule has 0 fully saturated rings. The molecule has 0 radical (unpaired) electrons. The van der Waals surface area contributed by atoms with E-state index >= 15 is 0 Å². The minimum Gasteiger partial charge on any atom is -0.372 e. The fourth-order valence-corrected chi connectivity index (χ4v) is 2.95. The van der Waals surface area contributed by atoms with E-state index in [0.29, 0.717) is 6.54 Å².